The molecule has 1 aliphatic carbocycles. The summed E-state index contributed by atoms with van der Waals surface area (Å²) in [5, 5.41) is 10.7. The Hall–Kier alpha value is -3.91. The summed E-state index contributed by atoms with van der Waals surface area (Å²) in [5.74, 6) is -0.752. The first-order valence-electron chi connectivity index (χ1n) is 13.8. The molecule has 41 heavy (non-hydrogen) atoms. The van der Waals surface area contributed by atoms with Gasteiger partial charge in [-0.1, -0.05) is 50.2 Å². The Kier molecular flexibility index (Phi) is 7.79. The van der Waals surface area contributed by atoms with E-state index in [2.05, 4.69) is 26.5 Å². The molecule has 3 aromatic rings. The van der Waals surface area contributed by atoms with Gasteiger partial charge in [-0.05, 0) is 67.5 Å². The normalized spacial score (nSPS) is 17.4. The van der Waals surface area contributed by atoms with E-state index in [1.165, 1.54) is 33.4 Å². The first-order valence-corrected chi connectivity index (χ1v) is 14.2. The number of halogens is 2. The van der Waals surface area contributed by atoms with Gasteiger partial charge in [0.2, 0.25) is 5.91 Å². The molecule has 2 heterocycles. The number of hydrogen-bond donors (Lipinski definition) is 1. The van der Waals surface area contributed by atoms with Gasteiger partial charge in [0.15, 0.2) is 0 Å². The van der Waals surface area contributed by atoms with E-state index >= 15 is 0 Å². The molecule has 0 unspecified atom stereocenters. The zero-order valence-corrected chi connectivity index (χ0v) is 24.1. The molecule has 1 saturated heterocycles. The van der Waals surface area contributed by atoms with Crippen LogP contribution in [-0.2, 0) is 11.3 Å². The summed E-state index contributed by atoms with van der Waals surface area (Å²) in [6, 6.07) is 7.17. The number of aromatic hydroxyl groups is 1. The number of hydrogen-bond acceptors (Lipinski definition) is 4. The Balaban J connectivity index is 1.73. The highest BCUT2D eigenvalue weighted by atomic mass is 35.5. The maximum absolute atomic E-state index is 15.0. The van der Waals surface area contributed by atoms with Crippen molar-refractivity contribution in [3.8, 4) is 16.9 Å². The molecule has 9 heteroatoms. The molecule has 1 aliphatic heterocycles. The van der Waals surface area contributed by atoms with Crippen molar-refractivity contribution < 1.29 is 14.3 Å². The van der Waals surface area contributed by atoms with Gasteiger partial charge in [0.1, 0.15) is 11.6 Å². The van der Waals surface area contributed by atoms with Gasteiger partial charge in [0.25, 0.3) is 0 Å². The van der Waals surface area contributed by atoms with Gasteiger partial charge in [-0.25, -0.2) is 4.39 Å². The van der Waals surface area contributed by atoms with E-state index in [1.54, 1.807) is 17.0 Å². The number of allylic oxidation sites excluding steroid dienone is 4. The van der Waals surface area contributed by atoms with Crippen LogP contribution in [0, 0.1) is 23.6 Å². The Bertz CT molecular complexity index is 1720. The molecule has 0 spiro atoms. The quantitative estimate of drug-likeness (QED) is 0.283. The molecule has 1 amide bonds. The van der Waals surface area contributed by atoms with Crippen molar-refractivity contribution in [3.63, 3.8) is 0 Å². The first kappa shape index (κ1) is 28.6. The van der Waals surface area contributed by atoms with E-state index in [0.717, 1.165) is 11.3 Å². The molecule has 1 atom stereocenters. The van der Waals surface area contributed by atoms with Crippen LogP contribution in [-0.4, -0.2) is 38.1 Å². The molecule has 0 bridgehead atoms. The number of phenolic OH excluding ortho intramolecular Hbond substituents is 1. The SMILES string of the molecule is C=CC(=O)N1CC(CCn2c(=O)c(=O)n(C3=C(C)C=CC[C@@H]3C(C)C)c3cc(-c4c(O)cccc4F)c(Cl)cc32)C1. The van der Waals surface area contributed by atoms with E-state index in [4.69, 9.17) is 11.6 Å². The average molecular weight is 578 g/mol. The van der Waals surface area contributed by atoms with Crippen LogP contribution >= 0.6 is 11.6 Å². The van der Waals surface area contributed by atoms with Crippen molar-refractivity contribution in [2.75, 3.05) is 13.1 Å². The highest BCUT2D eigenvalue weighted by Gasteiger charge is 2.31. The Morgan fingerprint density at radius 3 is 2.59 bits per heavy atom. The van der Waals surface area contributed by atoms with Crippen molar-refractivity contribution in [2.24, 2.45) is 17.8 Å². The number of fused-ring (bicyclic) bond motifs is 1. The molecule has 1 N–H and O–H groups in total. The van der Waals surface area contributed by atoms with Crippen molar-refractivity contribution in [1.29, 1.82) is 0 Å². The number of likely N-dealkylation sites (tertiary alicyclic amines) is 1. The summed E-state index contributed by atoms with van der Waals surface area (Å²) in [6.45, 7) is 10.9. The second-order valence-corrected chi connectivity index (χ2v) is 11.6. The van der Waals surface area contributed by atoms with Crippen LogP contribution in [0.5, 0.6) is 5.75 Å². The maximum atomic E-state index is 15.0. The molecule has 5 rings (SSSR count). The predicted molar refractivity (Wildman–Crippen MR) is 160 cm³/mol. The minimum Gasteiger partial charge on any atom is -0.507 e. The fourth-order valence-corrected chi connectivity index (χ4v) is 6.25. The van der Waals surface area contributed by atoms with Gasteiger partial charge in [-0.15, -0.1) is 0 Å². The molecule has 2 aromatic carbocycles. The van der Waals surface area contributed by atoms with Crippen LogP contribution in [0.3, 0.4) is 0 Å². The summed E-state index contributed by atoms with van der Waals surface area (Å²) in [5.41, 5.74) is 1.21. The van der Waals surface area contributed by atoms with Crippen LogP contribution in [0.2, 0.25) is 5.02 Å². The molecule has 214 valence electrons. The third kappa shape index (κ3) is 5.05. The minimum atomic E-state index is -0.698. The Labute approximate surface area is 242 Å². The van der Waals surface area contributed by atoms with E-state index < -0.39 is 16.9 Å². The number of carbonyl (C=O) groups excluding carboxylic acids is 1. The highest BCUT2D eigenvalue weighted by molar-refractivity contribution is 6.34. The Morgan fingerprint density at radius 2 is 1.93 bits per heavy atom. The van der Waals surface area contributed by atoms with Gasteiger partial charge in [-0.3, -0.25) is 19.0 Å². The average Bonchev–Trinajstić information content (AvgIpc) is 2.90. The number of aryl methyl sites for hydroxylation is 1. The number of benzene rings is 2. The third-order valence-electron chi connectivity index (χ3n) is 8.25. The summed E-state index contributed by atoms with van der Waals surface area (Å²) in [4.78, 5) is 41.2. The monoisotopic (exact) mass is 577 g/mol. The van der Waals surface area contributed by atoms with E-state index in [0.29, 0.717) is 37.0 Å². The molecule has 1 fully saturated rings. The van der Waals surface area contributed by atoms with Crippen LogP contribution in [0.1, 0.15) is 33.6 Å². The number of carbonyl (C=O) groups is 1. The lowest BCUT2D eigenvalue weighted by Gasteiger charge is -2.38. The van der Waals surface area contributed by atoms with Crippen molar-refractivity contribution in [1.82, 2.24) is 14.0 Å². The number of nitrogens with zero attached hydrogens (tertiary/aromatic N) is 3. The second-order valence-electron chi connectivity index (χ2n) is 11.2. The summed E-state index contributed by atoms with van der Waals surface area (Å²) >= 11 is 6.71. The van der Waals surface area contributed by atoms with Crippen molar-refractivity contribution >= 4 is 34.2 Å². The minimum absolute atomic E-state index is 0.0273. The fraction of sp³-hybridized carbons (Fsp3) is 0.344. The number of amides is 1. The van der Waals surface area contributed by atoms with Gasteiger partial charge in [-0.2, -0.15) is 0 Å². The molecule has 1 aromatic heterocycles. The molecule has 0 radical (unpaired) electrons. The molecular formula is C32H33ClFN3O4. The lowest BCUT2D eigenvalue weighted by Crippen LogP contribution is -2.50. The molecule has 7 nitrogen and oxygen atoms in total. The van der Waals surface area contributed by atoms with Crippen molar-refractivity contribution in [3.05, 3.63) is 92.3 Å². The lowest BCUT2D eigenvalue weighted by molar-refractivity contribution is -0.132. The second kappa shape index (κ2) is 11.2. The smallest absolute Gasteiger partial charge is 0.321 e. The zero-order chi connectivity index (χ0) is 29.6. The van der Waals surface area contributed by atoms with Crippen LogP contribution in [0.15, 0.2) is 70.3 Å². The summed E-state index contributed by atoms with van der Waals surface area (Å²) < 4.78 is 17.9. The van der Waals surface area contributed by atoms with E-state index in [-0.39, 0.29) is 52.1 Å². The van der Waals surface area contributed by atoms with E-state index in [9.17, 15) is 23.9 Å². The van der Waals surface area contributed by atoms with E-state index in [1.807, 2.05) is 13.0 Å². The van der Waals surface area contributed by atoms with Gasteiger partial charge >= 0.3 is 11.1 Å². The Morgan fingerprint density at radius 1 is 1.20 bits per heavy atom. The largest absolute Gasteiger partial charge is 0.507 e. The maximum Gasteiger partial charge on any atom is 0.321 e. The highest BCUT2D eigenvalue weighted by Crippen LogP contribution is 2.40. The van der Waals surface area contributed by atoms with Crippen LogP contribution < -0.4 is 11.1 Å². The van der Waals surface area contributed by atoms with Crippen molar-refractivity contribution in [2.45, 2.75) is 40.2 Å². The fourth-order valence-electron chi connectivity index (χ4n) is 5.99. The number of rotatable bonds is 7. The molecular weight excluding hydrogens is 545 g/mol. The standard InChI is InChI=1S/C32H33ClFN3O4/c1-5-28(39)35-16-20(17-35)12-13-36-25-15-23(33)22(29-24(34)10-7-11-27(29)38)14-26(25)37(32(41)31(36)40)30-19(4)8-6-9-21(30)18(2)3/h5-8,10-11,14-15,18,20-21,38H,1,9,12-13,16-17H2,2-4H3/t21-/m1/s1. The van der Waals surface area contributed by atoms with Gasteiger partial charge < -0.3 is 14.6 Å². The van der Waals surface area contributed by atoms with Crippen LogP contribution in [0.25, 0.3) is 27.9 Å². The molecule has 2 aliphatic rings. The third-order valence-corrected chi connectivity index (χ3v) is 8.56. The number of aromatic nitrogens is 2. The summed E-state index contributed by atoms with van der Waals surface area (Å²) in [6.07, 6.45) is 6.58. The zero-order valence-electron chi connectivity index (χ0n) is 23.4. The van der Waals surface area contributed by atoms with Crippen LogP contribution in [0.4, 0.5) is 4.39 Å². The van der Waals surface area contributed by atoms with Gasteiger partial charge in [0.05, 0.1) is 21.6 Å². The lowest BCUT2D eigenvalue weighted by atomic mass is 9.83. The summed E-state index contributed by atoms with van der Waals surface area (Å²) in [7, 11) is 0. The van der Waals surface area contributed by atoms with Gasteiger partial charge in [0, 0.05) is 36.8 Å². The topological polar surface area (TPSA) is 84.5 Å². The first-order chi connectivity index (χ1) is 19.5. The number of phenols is 1. The predicted octanol–water partition coefficient (Wildman–Crippen LogP) is 5.83. The molecule has 0 saturated carbocycles.